The topological polar surface area (TPSA) is 54.4 Å². The summed E-state index contributed by atoms with van der Waals surface area (Å²) in [4.78, 5) is 4.42. The van der Waals surface area contributed by atoms with Crippen molar-refractivity contribution in [3.63, 3.8) is 0 Å². The van der Waals surface area contributed by atoms with E-state index in [-0.39, 0.29) is 0 Å². The zero-order chi connectivity index (χ0) is 14.7. The van der Waals surface area contributed by atoms with Crippen LogP contribution in [0.2, 0.25) is 5.02 Å². The van der Waals surface area contributed by atoms with Crippen molar-refractivity contribution in [2.75, 3.05) is 19.8 Å². The number of fused-ring (bicyclic) bond motifs is 1. The highest BCUT2D eigenvalue weighted by atomic mass is 35.5. The lowest BCUT2D eigenvalue weighted by Crippen LogP contribution is -2.44. The van der Waals surface area contributed by atoms with Crippen molar-refractivity contribution >= 4 is 22.5 Å². The average molecular weight is 307 g/mol. The molecule has 0 spiro atoms. The van der Waals surface area contributed by atoms with Crippen LogP contribution in [0.1, 0.15) is 18.4 Å². The van der Waals surface area contributed by atoms with Crippen molar-refractivity contribution in [1.82, 2.24) is 10.3 Å². The van der Waals surface area contributed by atoms with Crippen LogP contribution >= 0.6 is 11.6 Å². The Hall–Kier alpha value is -1.20. The molecule has 5 heteroatoms. The zero-order valence-corrected chi connectivity index (χ0v) is 12.6. The Kier molecular flexibility index (Phi) is 4.40. The van der Waals surface area contributed by atoms with Crippen LogP contribution in [-0.4, -0.2) is 35.5 Å². The number of nitrogens with zero attached hydrogens (tertiary/aromatic N) is 1. The molecule has 0 amide bonds. The van der Waals surface area contributed by atoms with Crippen LogP contribution < -0.4 is 5.32 Å². The second kappa shape index (κ2) is 6.28. The van der Waals surface area contributed by atoms with Crippen LogP contribution in [-0.2, 0) is 11.3 Å². The molecule has 1 saturated heterocycles. The lowest BCUT2D eigenvalue weighted by atomic mass is 9.94. The molecular weight excluding hydrogens is 288 g/mol. The van der Waals surface area contributed by atoms with Crippen molar-refractivity contribution in [2.24, 2.45) is 0 Å². The molecule has 3 rings (SSSR count). The Morgan fingerprint density at radius 3 is 2.90 bits per heavy atom. The van der Waals surface area contributed by atoms with Gasteiger partial charge in [-0.05, 0) is 23.8 Å². The number of nitrogens with one attached hydrogen (secondary N) is 1. The van der Waals surface area contributed by atoms with Crippen molar-refractivity contribution in [2.45, 2.75) is 25.0 Å². The number of hydrogen-bond acceptors (Lipinski definition) is 4. The Labute approximate surface area is 129 Å². The van der Waals surface area contributed by atoms with Crippen molar-refractivity contribution in [1.29, 1.82) is 0 Å². The maximum absolute atomic E-state index is 10.4. The zero-order valence-electron chi connectivity index (χ0n) is 11.8. The maximum atomic E-state index is 10.4. The molecule has 1 aromatic heterocycles. The molecule has 21 heavy (non-hydrogen) atoms. The molecule has 1 aromatic carbocycles. The second-order valence-electron chi connectivity index (χ2n) is 5.55. The van der Waals surface area contributed by atoms with Crippen LogP contribution in [0.5, 0.6) is 0 Å². The van der Waals surface area contributed by atoms with Gasteiger partial charge in [0, 0.05) is 55.8 Å². The van der Waals surface area contributed by atoms with Gasteiger partial charge in [-0.25, -0.2) is 0 Å². The molecule has 0 atom stereocenters. The van der Waals surface area contributed by atoms with Crippen LogP contribution in [0.15, 0.2) is 30.5 Å². The summed E-state index contributed by atoms with van der Waals surface area (Å²) in [5.41, 5.74) is 1.34. The smallest absolute Gasteiger partial charge is 0.0815 e. The SMILES string of the molecule is OC1(CNCc2ccc(Cl)c3cccnc23)CCOCC1. The molecule has 0 bridgehead atoms. The second-order valence-corrected chi connectivity index (χ2v) is 5.95. The van der Waals surface area contributed by atoms with E-state index in [9.17, 15) is 5.11 Å². The summed E-state index contributed by atoms with van der Waals surface area (Å²) in [6, 6.07) is 7.74. The quantitative estimate of drug-likeness (QED) is 0.911. The van der Waals surface area contributed by atoms with Gasteiger partial charge in [-0.1, -0.05) is 17.7 Å². The Balaban J connectivity index is 1.69. The number of benzene rings is 1. The summed E-state index contributed by atoms with van der Waals surface area (Å²) in [7, 11) is 0. The third-order valence-electron chi connectivity index (χ3n) is 3.99. The third kappa shape index (κ3) is 3.35. The lowest BCUT2D eigenvalue weighted by Gasteiger charge is -2.32. The maximum Gasteiger partial charge on any atom is 0.0815 e. The van der Waals surface area contributed by atoms with Crippen LogP contribution in [0.4, 0.5) is 0 Å². The first kappa shape index (κ1) is 14.7. The minimum atomic E-state index is -0.659. The number of halogens is 1. The molecule has 2 aromatic rings. The van der Waals surface area contributed by atoms with Gasteiger partial charge >= 0.3 is 0 Å². The Bertz CT molecular complexity index is 627. The minimum Gasteiger partial charge on any atom is -0.388 e. The molecule has 0 saturated carbocycles. The van der Waals surface area contributed by atoms with Gasteiger partial charge < -0.3 is 15.2 Å². The van der Waals surface area contributed by atoms with E-state index in [1.807, 2.05) is 24.3 Å². The van der Waals surface area contributed by atoms with E-state index < -0.39 is 5.60 Å². The summed E-state index contributed by atoms with van der Waals surface area (Å²) in [5, 5.41) is 15.4. The van der Waals surface area contributed by atoms with Gasteiger partial charge in [0.05, 0.1) is 11.1 Å². The van der Waals surface area contributed by atoms with Gasteiger partial charge in [-0.3, -0.25) is 4.98 Å². The molecule has 2 N–H and O–H groups in total. The molecule has 1 aliphatic rings. The van der Waals surface area contributed by atoms with Crippen LogP contribution in [0, 0.1) is 0 Å². The van der Waals surface area contributed by atoms with Gasteiger partial charge in [0.15, 0.2) is 0 Å². The number of ether oxygens (including phenoxy) is 1. The van der Waals surface area contributed by atoms with Crippen LogP contribution in [0.25, 0.3) is 10.9 Å². The minimum absolute atomic E-state index is 0.563. The van der Waals surface area contributed by atoms with Crippen molar-refractivity contribution < 1.29 is 9.84 Å². The first-order chi connectivity index (χ1) is 10.2. The monoisotopic (exact) mass is 306 g/mol. The molecule has 1 fully saturated rings. The first-order valence-electron chi connectivity index (χ1n) is 7.21. The number of aliphatic hydroxyl groups is 1. The summed E-state index contributed by atoms with van der Waals surface area (Å²) in [6.07, 6.45) is 3.13. The fraction of sp³-hybridized carbons (Fsp3) is 0.438. The highest BCUT2D eigenvalue weighted by molar-refractivity contribution is 6.35. The molecular formula is C16H19ClN2O2. The summed E-state index contributed by atoms with van der Waals surface area (Å²) < 4.78 is 5.29. The predicted molar refractivity (Wildman–Crippen MR) is 83.5 cm³/mol. The molecule has 2 heterocycles. The summed E-state index contributed by atoms with van der Waals surface area (Å²) in [6.45, 7) is 2.48. The number of hydrogen-bond donors (Lipinski definition) is 2. The Morgan fingerprint density at radius 1 is 1.29 bits per heavy atom. The molecule has 0 radical (unpaired) electrons. The van der Waals surface area contributed by atoms with E-state index in [0.717, 1.165) is 16.5 Å². The summed E-state index contributed by atoms with van der Waals surface area (Å²) in [5.74, 6) is 0. The highest BCUT2D eigenvalue weighted by Gasteiger charge is 2.29. The number of aromatic nitrogens is 1. The van der Waals surface area contributed by atoms with E-state index in [2.05, 4.69) is 10.3 Å². The largest absolute Gasteiger partial charge is 0.388 e. The van der Waals surface area contributed by atoms with E-state index >= 15 is 0 Å². The first-order valence-corrected chi connectivity index (χ1v) is 7.59. The van der Waals surface area contributed by atoms with Gasteiger partial charge in [0.25, 0.3) is 0 Å². The lowest BCUT2D eigenvalue weighted by molar-refractivity contribution is -0.0616. The standard InChI is InChI=1S/C16H19ClN2O2/c17-14-4-3-12(15-13(14)2-1-7-19-15)10-18-11-16(20)5-8-21-9-6-16/h1-4,7,18,20H,5-6,8-11H2. The average Bonchev–Trinajstić information content (AvgIpc) is 2.50. The van der Waals surface area contributed by atoms with Crippen molar-refractivity contribution in [3.05, 3.63) is 41.0 Å². The normalized spacial score (nSPS) is 18.0. The molecule has 1 aliphatic heterocycles. The van der Waals surface area contributed by atoms with E-state index in [1.165, 1.54) is 0 Å². The predicted octanol–water partition coefficient (Wildman–Crippen LogP) is 2.52. The molecule has 112 valence electrons. The number of pyridine rings is 1. The fourth-order valence-corrected chi connectivity index (χ4v) is 2.91. The van der Waals surface area contributed by atoms with E-state index in [4.69, 9.17) is 16.3 Å². The van der Waals surface area contributed by atoms with Gasteiger partial charge in [0.1, 0.15) is 0 Å². The Morgan fingerprint density at radius 2 is 2.10 bits per heavy atom. The molecule has 0 aliphatic carbocycles. The van der Waals surface area contributed by atoms with E-state index in [1.54, 1.807) is 6.20 Å². The van der Waals surface area contributed by atoms with E-state index in [0.29, 0.717) is 44.2 Å². The van der Waals surface area contributed by atoms with Crippen LogP contribution in [0.3, 0.4) is 0 Å². The summed E-state index contributed by atoms with van der Waals surface area (Å²) >= 11 is 6.19. The van der Waals surface area contributed by atoms with Gasteiger partial charge in [0.2, 0.25) is 0 Å². The van der Waals surface area contributed by atoms with Crippen molar-refractivity contribution in [3.8, 4) is 0 Å². The molecule has 0 unspecified atom stereocenters. The third-order valence-corrected chi connectivity index (χ3v) is 4.32. The highest BCUT2D eigenvalue weighted by Crippen LogP contribution is 2.25. The van der Waals surface area contributed by atoms with Gasteiger partial charge in [-0.15, -0.1) is 0 Å². The number of rotatable bonds is 4. The van der Waals surface area contributed by atoms with Gasteiger partial charge in [-0.2, -0.15) is 0 Å². The molecule has 4 nitrogen and oxygen atoms in total. The fourth-order valence-electron chi connectivity index (χ4n) is 2.70.